The molecule has 7 nitrogen and oxygen atoms in total. The summed E-state index contributed by atoms with van der Waals surface area (Å²) in [5.41, 5.74) is 0.992. The highest BCUT2D eigenvalue weighted by Crippen LogP contribution is 2.38. The van der Waals surface area contributed by atoms with Crippen LogP contribution < -0.4 is 5.32 Å². The van der Waals surface area contributed by atoms with Crippen molar-refractivity contribution in [2.75, 3.05) is 26.2 Å². The number of aromatic nitrogens is 1. The molecule has 0 radical (unpaired) electrons. The van der Waals surface area contributed by atoms with Gasteiger partial charge in [0.2, 0.25) is 0 Å². The lowest BCUT2D eigenvalue weighted by molar-refractivity contribution is -0.153. The van der Waals surface area contributed by atoms with Crippen LogP contribution >= 0.6 is 0 Å². The minimum Gasteiger partial charge on any atom is -0.361 e. The third kappa shape index (κ3) is 2.50. The van der Waals surface area contributed by atoms with Crippen molar-refractivity contribution in [1.29, 1.82) is 0 Å². The molecule has 2 amide bonds. The molecule has 7 heteroatoms. The van der Waals surface area contributed by atoms with E-state index in [-0.39, 0.29) is 24.3 Å². The first-order valence-corrected chi connectivity index (χ1v) is 8.72. The highest BCUT2D eigenvalue weighted by molar-refractivity contribution is 5.97. The van der Waals surface area contributed by atoms with E-state index >= 15 is 0 Å². The van der Waals surface area contributed by atoms with Crippen LogP contribution in [0.2, 0.25) is 0 Å². The number of nitrogens with one attached hydrogen (secondary N) is 1. The van der Waals surface area contributed by atoms with Gasteiger partial charge in [0, 0.05) is 19.0 Å². The Morgan fingerprint density at radius 1 is 1.31 bits per heavy atom. The number of carbonyl (C=O) groups is 2. The van der Waals surface area contributed by atoms with Crippen LogP contribution in [-0.2, 0) is 9.53 Å². The third-order valence-electron chi connectivity index (χ3n) is 5.30. The minimum absolute atomic E-state index is 0.142. The molecule has 2 aliphatic rings. The van der Waals surface area contributed by atoms with Crippen LogP contribution in [0, 0.1) is 13.8 Å². The summed E-state index contributed by atoms with van der Waals surface area (Å²) >= 11 is 0. The molecule has 2 atom stereocenters. The van der Waals surface area contributed by atoms with E-state index in [4.69, 9.17) is 9.26 Å². The minimum atomic E-state index is -1.06. The fourth-order valence-corrected chi connectivity index (χ4v) is 3.95. The van der Waals surface area contributed by atoms with Crippen molar-refractivity contribution in [2.24, 2.45) is 0 Å². The summed E-state index contributed by atoms with van der Waals surface area (Å²) < 4.78 is 11.1. The van der Waals surface area contributed by atoms with Crippen LogP contribution in [0.15, 0.2) is 34.9 Å². The second-order valence-electron chi connectivity index (χ2n) is 6.84. The van der Waals surface area contributed by atoms with Crippen molar-refractivity contribution < 1.29 is 18.8 Å². The standard InChI is InChI=1S/C19H21N3O4/c1-12-16(13(2)26-21-12)17(23)22-8-9-25-19(11-22)15(10-20-18(19)24)14-6-4-3-5-7-14/h3-7,15H,8-11H2,1-2H3,(H,20,24). The number of amides is 2. The van der Waals surface area contributed by atoms with Gasteiger partial charge >= 0.3 is 0 Å². The summed E-state index contributed by atoms with van der Waals surface area (Å²) in [5.74, 6) is 0.0121. The highest BCUT2D eigenvalue weighted by Gasteiger charge is 2.55. The molecule has 2 saturated heterocycles. The lowest BCUT2D eigenvalue weighted by Gasteiger charge is -2.41. The number of nitrogens with zero attached hydrogens (tertiary/aromatic N) is 2. The maximum absolute atomic E-state index is 13.0. The number of rotatable bonds is 2. The summed E-state index contributed by atoms with van der Waals surface area (Å²) in [7, 11) is 0. The van der Waals surface area contributed by atoms with Gasteiger partial charge in [0.15, 0.2) is 5.60 Å². The maximum atomic E-state index is 13.0. The van der Waals surface area contributed by atoms with Crippen molar-refractivity contribution >= 4 is 11.8 Å². The van der Waals surface area contributed by atoms with E-state index in [1.165, 1.54) is 0 Å². The Labute approximate surface area is 151 Å². The Morgan fingerprint density at radius 3 is 2.77 bits per heavy atom. The van der Waals surface area contributed by atoms with Crippen LogP contribution in [-0.4, -0.2) is 53.7 Å². The average molecular weight is 355 g/mol. The van der Waals surface area contributed by atoms with Crippen molar-refractivity contribution in [3.63, 3.8) is 0 Å². The molecule has 2 unspecified atom stereocenters. The predicted octanol–water partition coefficient (Wildman–Crippen LogP) is 1.42. The van der Waals surface area contributed by atoms with Crippen LogP contribution in [0.4, 0.5) is 0 Å². The fourth-order valence-electron chi connectivity index (χ4n) is 3.95. The first-order valence-electron chi connectivity index (χ1n) is 8.72. The first-order chi connectivity index (χ1) is 12.5. The lowest BCUT2D eigenvalue weighted by atomic mass is 9.83. The van der Waals surface area contributed by atoms with Crippen molar-refractivity contribution in [3.05, 3.63) is 52.9 Å². The zero-order valence-corrected chi connectivity index (χ0v) is 14.8. The third-order valence-corrected chi connectivity index (χ3v) is 5.30. The molecule has 0 saturated carbocycles. The van der Waals surface area contributed by atoms with Gasteiger partial charge in [-0.25, -0.2) is 0 Å². The van der Waals surface area contributed by atoms with Gasteiger partial charge in [-0.15, -0.1) is 0 Å². The average Bonchev–Trinajstić information content (AvgIpc) is 3.15. The summed E-state index contributed by atoms with van der Waals surface area (Å²) in [5, 5.41) is 6.78. The number of morpholine rings is 1. The van der Waals surface area contributed by atoms with Gasteiger partial charge in [-0.2, -0.15) is 0 Å². The summed E-state index contributed by atoms with van der Waals surface area (Å²) in [4.78, 5) is 27.4. The molecule has 1 aromatic heterocycles. The van der Waals surface area contributed by atoms with Crippen molar-refractivity contribution in [1.82, 2.24) is 15.4 Å². The van der Waals surface area contributed by atoms with E-state index in [9.17, 15) is 9.59 Å². The summed E-state index contributed by atoms with van der Waals surface area (Å²) in [6.45, 7) is 4.91. The maximum Gasteiger partial charge on any atom is 0.259 e. The topological polar surface area (TPSA) is 84.7 Å². The Kier molecular flexibility index (Phi) is 4.03. The lowest BCUT2D eigenvalue weighted by Crippen LogP contribution is -2.59. The Balaban J connectivity index is 1.66. The van der Waals surface area contributed by atoms with Gasteiger partial charge in [0.1, 0.15) is 11.3 Å². The number of aryl methyl sites for hydroxylation is 2. The van der Waals surface area contributed by atoms with E-state index in [1.807, 2.05) is 30.3 Å². The van der Waals surface area contributed by atoms with E-state index in [0.29, 0.717) is 36.7 Å². The quantitative estimate of drug-likeness (QED) is 0.881. The monoisotopic (exact) mass is 355 g/mol. The SMILES string of the molecule is Cc1noc(C)c1C(=O)N1CCOC2(C1)C(=O)NCC2c1ccccc1. The highest BCUT2D eigenvalue weighted by atomic mass is 16.5. The summed E-state index contributed by atoms with van der Waals surface area (Å²) in [6.07, 6.45) is 0. The predicted molar refractivity (Wildman–Crippen MR) is 92.8 cm³/mol. The molecule has 3 heterocycles. The molecule has 2 aromatic rings. The second-order valence-corrected chi connectivity index (χ2v) is 6.84. The van der Waals surface area contributed by atoms with Gasteiger partial charge in [-0.05, 0) is 19.4 Å². The van der Waals surface area contributed by atoms with Crippen LogP contribution in [0.1, 0.15) is 33.3 Å². The van der Waals surface area contributed by atoms with Crippen LogP contribution in [0.5, 0.6) is 0 Å². The molecule has 2 aliphatic heterocycles. The molecule has 1 spiro atoms. The van der Waals surface area contributed by atoms with Crippen molar-refractivity contribution in [3.8, 4) is 0 Å². The van der Waals surface area contributed by atoms with Gasteiger partial charge in [0.05, 0.1) is 18.8 Å². The largest absolute Gasteiger partial charge is 0.361 e. The van der Waals surface area contributed by atoms with Gasteiger partial charge < -0.3 is 19.5 Å². The van der Waals surface area contributed by atoms with Gasteiger partial charge in [0.25, 0.3) is 11.8 Å². The van der Waals surface area contributed by atoms with Crippen molar-refractivity contribution in [2.45, 2.75) is 25.4 Å². The molecule has 0 bridgehead atoms. The van der Waals surface area contributed by atoms with E-state index in [1.54, 1.807) is 18.7 Å². The second kappa shape index (κ2) is 6.25. The first kappa shape index (κ1) is 16.8. The summed E-state index contributed by atoms with van der Waals surface area (Å²) in [6, 6.07) is 9.81. The normalized spacial score (nSPS) is 25.5. The van der Waals surface area contributed by atoms with Gasteiger partial charge in [-0.1, -0.05) is 35.5 Å². The molecule has 0 aliphatic carbocycles. The van der Waals surface area contributed by atoms with E-state index in [2.05, 4.69) is 10.5 Å². The molecular weight excluding hydrogens is 334 g/mol. The number of benzene rings is 1. The zero-order valence-electron chi connectivity index (χ0n) is 14.8. The smallest absolute Gasteiger partial charge is 0.259 e. The Bertz CT molecular complexity index is 828. The number of hydrogen-bond donors (Lipinski definition) is 1. The number of ether oxygens (including phenoxy) is 1. The molecular formula is C19H21N3O4. The zero-order chi connectivity index (χ0) is 18.3. The van der Waals surface area contributed by atoms with E-state index < -0.39 is 5.60 Å². The molecule has 2 fully saturated rings. The number of carbonyl (C=O) groups excluding carboxylic acids is 2. The van der Waals surface area contributed by atoms with Crippen LogP contribution in [0.3, 0.4) is 0 Å². The molecule has 26 heavy (non-hydrogen) atoms. The van der Waals surface area contributed by atoms with Gasteiger partial charge in [-0.3, -0.25) is 9.59 Å². The Morgan fingerprint density at radius 2 is 2.08 bits per heavy atom. The molecule has 4 rings (SSSR count). The van der Waals surface area contributed by atoms with Crippen LogP contribution in [0.25, 0.3) is 0 Å². The molecule has 1 N–H and O–H groups in total. The van der Waals surface area contributed by atoms with E-state index in [0.717, 1.165) is 5.56 Å². The molecule has 1 aromatic carbocycles. The molecule has 136 valence electrons. The number of hydrogen-bond acceptors (Lipinski definition) is 5. The Hall–Kier alpha value is -2.67. The fraction of sp³-hybridized carbons (Fsp3) is 0.421.